The molecule has 6 heteroatoms. The summed E-state index contributed by atoms with van der Waals surface area (Å²) in [5.74, 6) is 1.19. The van der Waals surface area contributed by atoms with Crippen LogP contribution in [0, 0.1) is 0 Å². The molecule has 0 spiro atoms. The van der Waals surface area contributed by atoms with Gasteiger partial charge >= 0.3 is 0 Å². The quantitative estimate of drug-likeness (QED) is 0.336. The van der Waals surface area contributed by atoms with Crippen LogP contribution in [0.15, 0.2) is 83.9 Å². The second-order valence-corrected chi connectivity index (χ2v) is 9.29. The lowest BCUT2D eigenvalue weighted by Crippen LogP contribution is -2.21. The zero-order valence-corrected chi connectivity index (χ0v) is 19.9. The van der Waals surface area contributed by atoms with E-state index in [0.29, 0.717) is 6.61 Å². The first-order valence-corrected chi connectivity index (χ1v) is 12.9. The van der Waals surface area contributed by atoms with Crippen molar-refractivity contribution in [2.24, 2.45) is 4.99 Å². The number of hydrogen-bond donors (Lipinski definition) is 0. The maximum absolute atomic E-state index is 13.6. The van der Waals surface area contributed by atoms with Gasteiger partial charge in [-0.2, -0.15) is 16.8 Å². The van der Waals surface area contributed by atoms with E-state index in [2.05, 4.69) is 21.9 Å². The minimum absolute atomic E-state index is 0.156. The number of thiazole rings is 1. The second kappa shape index (κ2) is 10.7. The average molecular weight is 463 g/mol. The van der Waals surface area contributed by atoms with Crippen LogP contribution in [-0.4, -0.2) is 29.1 Å². The van der Waals surface area contributed by atoms with Crippen molar-refractivity contribution < 1.29 is 9.53 Å². The van der Waals surface area contributed by atoms with Crippen molar-refractivity contribution in [3.63, 3.8) is 0 Å². The lowest BCUT2D eigenvalue weighted by atomic mass is 9.91. The SMILES string of the molecule is CCOc1ccc2c(c1)sc(=NC(=O)C(c1ccccc1)c1ccccc1)n2CCSC. The second-order valence-electron chi connectivity index (χ2n) is 7.30. The summed E-state index contributed by atoms with van der Waals surface area (Å²) >= 11 is 3.32. The summed E-state index contributed by atoms with van der Waals surface area (Å²) in [5, 5.41) is 0. The maximum Gasteiger partial charge on any atom is 0.260 e. The largest absolute Gasteiger partial charge is 0.494 e. The molecule has 0 N–H and O–H groups in total. The van der Waals surface area contributed by atoms with Crippen LogP contribution in [0.25, 0.3) is 10.2 Å². The number of aromatic nitrogens is 1. The summed E-state index contributed by atoms with van der Waals surface area (Å²) < 4.78 is 8.89. The minimum atomic E-state index is -0.435. The fraction of sp³-hybridized carbons (Fsp3) is 0.231. The van der Waals surface area contributed by atoms with Gasteiger partial charge < -0.3 is 9.30 Å². The molecule has 1 heterocycles. The Morgan fingerprint density at radius 3 is 2.28 bits per heavy atom. The van der Waals surface area contributed by atoms with E-state index in [4.69, 9.17) is 4.74 Å². The van der Waals surface area contributed by atoms with Crippen LogP contribution in [0.5, 0.6) is 5.75 Å². The van der Waals surface area contributed by atoms with Gasteiger partial charge in [0, 0.05) is 12.3 Å². The molecule has 1 aromatic heterocycles. The monoisotopic (exact) mass is 462 g/mol. The molecule has 0 bridgehead atoms. The van der Waals surface area contributed by atoms with Gasteiger partial charge in [-0.15, -0.1) is 0 Å². The Bertz CT molecular complexity index is 1210. The number of rotatable bonds is 8. The van der Waals surface area contributed by atoms with Crippen molar-refractivity contribution in [2.45, 2.75) is 19.4 Å². The molecule has 0 unspecified atom stereocenters. The van der Waals surface area contributed by atoms with Gasteiger partial charge in [0.25, 0.3) is 5.91 Å². The van der Waals surface area contributed by atoms with E-state index in [1.54, 1.807) is 11.8 Å². The highest BCUT2D eigenvalue weighted by Crippen LogP contribution is 2.27. The van der Waals surface area contributed by atoms with Gasteiger partial charge in [0.05, 0.1) is 22.7 Å². The van der Waals surface area contributed by atoms with E-state index < -0.39 is 5.92 Å². The Balaban J connectivity index is 1.82. The van der Waals surface area contributed by atoms with Crippen molar-refractivity contribution in [1.29, 1.82) is 0 Å². The third-order valence-electron chi connectivity index (χ3n) is 5.20. The van der Waals surface area contributed by atoms with Crippen molar-refractivity contribution >= 4 is 39.2 Å². The predicted octanol–water partition coefficient (Wildman–Crippen LogP) is 5.72. The van der Waals surface area contributed by atoms with Gasteiger partial charge in [-0.3, -0.25) is 4.79 Å². The first-order valence-electron chi connectivity index (χ1n) is 10.6. The van der Waals surface area contributed by atoms with Crippen molar-refractivity contribution in [3.8, 4) is 5.75 Å². The molecule has 0 atom stereocenters. The summed E-state index contributed by atoms with van der Waals surface area (Å²) in [6, 6.07) is 25.8. The Morgan fingerprint density at radius 2 is 1.69 bits per heavy atom. The first kappa shape index (κ1) is 22.4. The van der Waals surface area contributed by atoms with Gasteiger partial charge in [0.1, 0.15) is 5.75 Å². The number of aryl methyl sites for hydroxylation is 1. The van der Waals surface area contributed by atoms with E-state index in [9.17, 15) is 4.79 Å². The molecular formula is C26H26N2O2S2. The molecular weight excluding hydrogens is 436 g/mol. The van der Waals surface area contributed by atoms with Crippen molar-refractivity contribution in [2.75, 3.05) is 18.6 Å². The molecule has 0 aliphatic carbocycles. The topological polar surface area (TPSA) is 43.6 Å². The number of thioether (sulfide) groups is 1. The number of carbonyl (C=O) groups excluding carboxylic acids is 1. The number of carbonyl (C=O) groups is 1. The highest BCUT2D eigenvalue weighted by atomic mass is 32.2. The smallest absolute Gasteiger partial charge is 0.260 e. The van der Waals surface area contributed by atoms with Crippen molar-refractivity contribution in [1.82, 2.24) is 4.57 Å². The molecule has 0 aliphatic rings. The van der Waals surface area contributed by atoms with E-state index >= 15 is 0 Å². The average Bonchev–Trinajstić information content (AvgIpc) is 3.15. The summed E-state index contributed by atoms with van der Waals surface area (Å²) in [5.41, 5.74) is 2.97. The molecule has 3 aromatic carbocycles. The zero-order valence-electron chi connectivity index (χ0n) is 18.2. The van der Waals surface area contributed by atoms with Gasteiger partial charge in [-0.25, -0.2) is 0 Å². The molecule has 0 aliphatic heterocycles. The Labute approximate surface area is 196 Å². The standard InChI is InChI=1S/C26H26N2O2S2/c1-3-30-21-14-15-22-23(18-21)32-26(28(22)16-17-31-2)27-25(29)24(19-10-6-4-7-11-19)20-12-8-5-9-13-20/h4-15,18,24H,3,16-17H2,1-2H3. The Morgan fingerprint density at radius 1 is 1.03 bits per heavy atom. The molecule has 164 valence electrons. The predicted molar refractivity (Wildman–Crippen MR) is 135 cm³/mol. The third-order valence-corrected chi connectivity index (χ3v) is 6.83. The summed E-state index contributed by atoms with van der Waals surface area (Å²) in [6.07, 6.45) is 2.09. The molecule has 0 fully saturated rings. The van der Waals surface area contributed by atoms with Gasteiger partial charge in [-0.1, -0.05) is 72.0 Å². The fourth-order valence-corrected chi connectivity index (χ4v) is 5.18. The van der Waals surface area contributed by atoms with Gasteiger partial charge in [0.15, 0.2) is 4.80 Å². The molecule has 4 rings (SSSR count). The summed E-state index contributed by atoms with van der Waals surface area (Å²) in [7, 11) is 0. The number of ether oxygens (including phenoxy) is 1. The normalized spacial score (nSPS) is 11.9. The number of amides is 1. The lowest BCUT2D eigenvalue weighted by Gasteiger charge is -2.14. The van der Waals surface area contributed by atoms with Crippen LogP contribution >= 0.6 is 23.1 Å². The molecule has 4 aromatic rings. The Kier molecular flexibility index (Phi) is 7.45. The van der Waals surface area contributed by atoms with E-state index in [1.807, 2.05) is 79.7 Å². The molecule has 0 saturated heterocycles. The molecule has 0 saturated carbocycles. The number of hydrogen-bond acceptors (Lipinski definition) is 4. The third kappa shape index (κ3) is 4.97. The minimum Gasteiger partial charge on any atom is -0.494 e. The van der Waals surface area contributed by atoms with E-state index in [0.717, 1.165) is 44.2 Å². The lowest BCUT2D eigenvalue weighted by molar-refractivity contribution is -0.118. The van der Waals surface area contributed by atoms with Crippen LogP contribution in [0.1, 0.15) is 24.0 Å². The van der Waals surface area contributed by atoms with Crippen LogP contribution in [0.3, 0.4) is 0 Å². The Hall–Kier alpha value is -2.83. The van der Waals surface area contributed by atoms with Gasteiger partial charge in [0.2, 0.25) is 0 Å². The molecule has 4 nitrogen and oxygen atoms in total. The summed E-state index contributed by atoms with van der Waals surface area (Å²) in [4.78, 5) is 19.0. The van der Waals surface area contributed by atoms with Crippen LogP contribution in [0.2, 0.25) is 0 Å². The zero-order chi connectivity index (χ0) is 22.3. The van der Waals surface area contributed by atoms with E-state index in [-0.39, 0.29) is 5.91 Å². The fourth-order valence-electron chi connectivity index (χ4n) is 3.72. The number of fused-ring (bicyclic) bond motifs is 1. The van der Waals surface area contributed by atoms with Crippen LogP contribution in [0.4, 0.5) is 0 Å². The first-order chi connectivity index (χ1) is 15.7. The molecule has 0 radical (unpaired) electrons. The van der Waals surface area contributed by atoms with Crippen molar-refractivity contribution in [3.05, 3.63) is 94.8 Å². The van der Waals surface area contributed by atoms with Gasteiger partial charge in [-0.05, 0) is 42.5 Å². The van der Waals surface area contributed by atoms with Crippen LogP contribution < -0.4 is 9.54 Å². The van der Waals surface area contributed by atoms with E-state index in [1.165, 1.54) is 11.3 Å². The molecule has 1 amide bonds. The highest BCUT2D eigenvalue weighted by molar-refractivity contribution is 7.98. The maximum atomic E-state index is 13.6. The molecule has 32 heavy (non-hydrogen) atoms. The number of benzene rings is 3. The van der Waals surface area contributed by atoms with Crippen LogP contribution in [-0.2, 0) is 11.3 Å². The highest BCUT2D eigenvalue weighted by Gasteiger charge is 2.22. The summed E-state index contributed by atoms with van der Waals surface area (Å²) in [6.45, 7) is 3.39. The number of nitrogens with zero attached hydrogens (tertiary/aromatic N) is 2.